The molecule has 0 aliphatic rings. The van der Waals surface area contributed by atoms with Crippen LogP contribution in [0.25, 0.3) is 22.6 Å². The Bertz CT molecular complexity index is 998. The maximum absolute atomic E-state index is 13.3. The molecule has 0 atom stereocenters. The Morgan fingerprint density at radius 1 is 0.857 bits per heavy atom. The van der Waals surface area contributed by atoms with Gasteiger partial charge in [-0.2, -0.15) is 26.3 Å². The van der Waals surface area contributed by atoms with Gasteiger partial charge in [0.2, 0.25) is 0 Å². The highest BCUT2D eigenvalue weighted by Crippen LogP contribution is 2.38. The van der Waals surface area contributed by atoms with E-state index in [1.807, 2.05) is 0 Å². The van der Waals surface area contributed by atoms with Crippen LogP contribution in [0.2, 0.25) is 0 Å². The maximum Gasteiger partial charge on any atom is 0.417 e. The standard InChI is InChI=1S/C19H12F6N2O/c1-28-15-10-26-17(13-7-2-3-8-14(13)19(23,24)25)27-16(15)11-5-4-6-12(9-11)18(20,21)22/h2-10H,1H3. The molecule has 2 aromatic carbocycles. The van der Waals surface area contributed by atoms with Crippen molar-refractivity contribution < 1.29 is 31.1 Å². The minimum Gasteiger partial charge on any atom is -0.493 e. The molecule has 1 aromatic heterocycles. The Labute approximate surface area is 155 Å². The van der Waals surface area contributed by atoms with Gasteiger partial charge in [0.05, 0.1) is 24.4 Å². The largest absolute Gasteiger partial charge is 0.493 e. The summed E-state index contributed by atoms with van der Waals surface area (Å²) in [6.07, 6.45) is -8.09. The normalized spacial score (nSPS) is 12.1. The minimum atomic E-state index is -4.64. The molecule has 0 saturated carbocycles. The average molecular weight is 398 g/mol. The summed E-state index contributed by atoms with van der Waals surface area (Å²) in [5.74, 6) is -0.242. The van der Waals surface area contributed by atoms with Gasteiger partial charge in [-0.05, 0) is 18.2 Å². The van der Waals surface area contributed by atoms with E-state index in [1.165, 1.54) is 37.4 Å². The number of halogens is 6. The number of ether oxygens (including phenoxy) is 1. The van der Waals surface area contributed by atoms with Crippen LogP contribution in [0, 0.1) is 0 Å². The van der Waals surface area contributed by atoms with Crippen LogP contribution < -0.4 is 4.74 Å². The van der Waals surface area contributed by atoms with Crippen molar-refractivity contribution in [3.8, 4) is 28.4 Å². The molecule has 0 amide bonds. The number of benzene rings is 2. The van der Waals surface area contributed by atoms with Crippen LogP contribution >= 0.6 is 0 Å². The summed E-state index contributed by atoms with van der Waals surface area (Å²) in [5, 5.41) is 0. The lowest BCUT2D eigenvalue weighted by Crippen LogP contribution is -2.08. The predicted molar refractivity (Wildman–Crippen MR) is 89.5 cm³/mol. The highest BCUT2D eigenvalue weighted by Gasteiger charge is 2.34. The second kappa shape index (κ2) is 7.14. The van der Waals surface area contributed by atoms with E-state index in [0.717, 1.165) is 24.4 Å². The van der Waals surface area contributed by atoms with Gasteiger partial charge in [0.1, 0.15) is 5.69 Å². The lowest BCUT2D eigenvalue weighted by molar-refractivity contribution is -0.138. The molecule has 3 aromatic rings. The topological polar surface area (TPSA) is 35.0 Å². The average Bonchev–Trinajstić information content (AvgIpc) is 2.66. The summed E-state index contributed by atoms with van der Waals surface area (Å²) in [7, 11) is 1.26. The Morgan fingerprint density at radius 2 is 1.57 bits per heavy atom. The fraction of sp³-hybridized carbons (Fsp3) is 0.158. The van der Waals surface area contributed by atoms with Crippen LogP contribution in [0.5, 0.6) is 5.75 Å². The second-order valence-electron chi connectivity index (χ2n) is 5.73. The minimum absolute atomic E-state index is 0.0348. The molecule has 0 radical (unpaired) electrons. The molecule has 3 nitrogen and oxygen atoms in total. The van der Waals surface area contributed by atoms with Crippen molar-refractivity contribution in [2.24, 2.45) is 0 Å². The zero-order chi connectivity index (χ0) is 20.5. The van der Waals surface area contributed by atoms with E-state index in [4.69, 9.17) is 4.74 Å². The molecular weight excluding hydrogens is 386 g/mol. The number of nitrogens with zero attached hydrogens (tertiary/aromatic N) is 2. The van der Waals surface area contributed by atoms with Crippen LogP contribution in [-0.2, 0) is 12.4 Å². The number of hydrogen-bond donors (Lipinski definition) is 0. The van der Waals surface area contributed by atoms with Crippen molar-refractivity contribution in [2.75, 3.05) is 7.11 Å². The third-order valence-electron chi connectivity index (χ3n) is 3.91. The second-order valence-corrected chi connectivity index (χ2v) is 5.73. The number of rotatable bonds is 3. The molecule has 0 N–H and O–H groups in total. The Balaban J connectivity index is 2.19. The molecule has 0 bridgehead atoms. The van der Waals surface area contributed by atoms with Gasteiger partial charge in [-0.1, -0.05) is 30.3 Å². The zero-order valence-corrected chi connectivity index (χ0v) is 14.3. The smallest absolute Gasteiger partial charge is 0.417 e. The summed E-state index contributed by atoms with van der Waals surface area (Å²) in [6.45, 7) is 0. The number of aromatic nitrogens is 2. The highest BCUT2D eigenvalue weighted by molar-refractivity contribution is 5.70. The van der Waals surface area contributed by atoms with E-state index < -0.39 is 23.5 Å². The van der Waals surface area contributed by atoms with Gasteiger partial charge in [-0.15, -0.1) is 0 Å². The number of hydrogen-bond acceptors (Lipinski definition) is 3. The summed E-state index contributed by atoms with van der Waals surface area (Å²) < 4.78 is 83.9. The summed E-state index contributed by atoms with van der Waals surface area (Å²) in [6, 6.07) is 8.98. The van der Waals surface area contributed by atoms with Gasteiger partial charge in [-0.3, -0.25) is 0 Å². The molecule has 0 unspecified atom stereocenters. The third-order valence-corrected chi connectivity index (χ3v) is 3.91. The first-order valence-electron chi connectivity index (χ1n) is 7.86. The SMILES string of the molecule is COc1cnc(-c2ccccc2C(F)(F)F)nc1-c1cccc(C(F)(F)F)c1. The molecule has 0 fully saturated rings. The summed E-state index contributed by atoms with van der Waals surface area (Å²) >= 11 is 0. The lowest BCUT2D eigenvalue weighted by atomic mass is 10.0. The summed E-state index contributed by atoms with van der Waals surface area (Å²) in [5.41, 5.74) is -2.15. The molecule has 0 aliphatic carbocycles. The van der Waals surface area contributed by atoms with E-state index >= 15 is 0 Å². The fourth-order valence-electron chi connectivity index (χ4n) is 2.62. The van der Waals surface area contributed by atoms with Gasteiger partial charge in [0, 0.05) is 11.1 Å². The van der Waals surface area contributed by atoms with E-state index in [2.05, 4.69) is 9.97 Å². The van der Waals surface area contributed by atoms with Crippen molar-refractivity contribution in [1.29, 1.82) is 0 Å². The first-order chi connectivity index (χ1) is 13.1. The monoisotopic (exact) mass is 398 g/mol. The maximum atomic E-state index is 13.3. The van der Waals surface area contributed by atoms with Gasteiger partial charge < -0.3 is 4.74 Å². The number of alkyl halides is 6. The van der Waals surface area contributed by atoms with E-state index in [-0.39, 0.29) is 28.4 Å². The van der Waals surface area contributed by atoms with Crippen molar-refractivity contribution in [3.05, 3.63) is 65.9 Å². The van der Waals surface area contributed by atoms with Crippen LogP contribution in [0.4, 0.5) is 26.3 Å². The highest BCUT2D eigenvalue weighted by atomic mass is 19.4. The van der Waals surface area contributed by atoms with Gasteiger partial charge in [0.15, 0.2) is 11.6 Å². The van der Waals surface area contributed by atoms with Crippen molar-refractivity contribution in [3.63, 3.8) is 0 Å². The zero-order valence-electron chi connectivity index (χ0n) is 14.3. The van der Waals surface area contributed by atoms with Gasteiger partial charge in [-0.25, -0.2) is 9.97 Å². The Kier molecular flexibility index (Phi) is 5.01. The Morgan fingerprint density at radius 3 is 2.21 bits per heavy atom. The lowest BCUT2D eigenvalue weighted by Gasteiger charge is -2.14. The number of methoxy groups -OCH3 is 1. The third kappa shape index (κ3) is 3.92. The van der Waals surface area contributed by atoms with Gasteiger partial charge >= 0.3 is 12.4 Å². The Hall–Kier alpha value is -3.10. The molecule has 0 aliphatic heterocycles. The van der Waals surface area contributed by atoms with Gasteiger partial charge in [0.25, 0.3) is 0 Å². The first kappa shape index (κ1) is 19.7. The quantitative estimate of drug-likeness (QED) is 0.519. The first-order valence-corrected chi connectivity index (χ1v) is 7.86. The molecule has 146 valence electrons. The van der Waals surface area contributed by atoms with Crippen molar-refractivity contribution in [2.45, 2.75) is 12.4 Å². The van der Waals surface area contributed by atoms with Crippen molar-refractivity contribution in [1.82, 2.24) is 9.97 Å². The van der Waals surface area contributed by atoms with Crippen LogP contribution in [-0.4, -0.2) is 17.1 Å². The van der Waals surface area contributed by atoms with E-state index in [0.29, 0.717) is 0 Å². The van der Waals surface area contributed by atoms with Crippen molar-refractivity contribution >= 4 is 0 Å². The molecule has 9 heteroatoms. The molecule has 1 heterocycles. The molecule has 0 spiro atoms. The molecule has 28 heavy (non-hydrogen) atoms. The molecule has 0 saturated heterocycles. The molecule has 3 rings (SSSR count). The molecular formula is C19H12F6N2O. The van der Waals surface area contributed by atoms with Crippen LogP contribution in [0.15, 0.2) is 54.7 Å². The van der Waals surface area contributed by atoms with Crippen LogP contribution in [0.1, 0.15) is 11.1 Å². The van der Waals surface area contributed by atoms with Crippen LogP contribution in [0.3, 0.4) is 0 Å². The fourth-order valence-corrected chi connectivity index (χ4v) is 2.62. The van der Waals surface area contributed by atoms with E-state index in [1.54, 1.807) is 0 Å². The summed E-state index contributed by atoms with van der Waals surface area (Å²) in [4.78, 5) is 7.97. The van der Waals surface area contributed by atoms with E-state index in [9.17, 15) is 26.3 Å². The predicted octanol–water partition coefficient (Wildman–Crippen LogP) is 5.86.